The van der Waals surface area contributed by atoms with Crippen LogP contribution in [0.15, 0.2) is 83.7 Å². The number of fused-ring (bicyclic) bond motifs is 1. The summed E-state index contributed by atoms with van der Waals surface area (Å²) in [5.74, 6) is -0.445. The van der Waals surface area contributed by atoms with Crippen molar-refractivity contribution in [2.24, 2.45) is 0 Å². The van der Waals surface area contributed by atoms with Crippen molar-refractivity contribution in [1.29, 1.82) is 0 Å². The van der Waals surface area contributed by atoms with Crippen molar-refractivity contribution >= 4 is 17.4 Å². The van der Waals surface area contributed by atoms with Gasteiger partial charge >= 0.3 is 12.4 Å². The smallest absolute Gasteiger partial charge is 0.378 e. The number of nitrogens with one attached hydrogen (secondary N) is 1. The van der Waals surface area contributed by atoms with Gasteiger partial charge in [-0.05, 0) is 91.0 Å². The molecule has 1 aromatic heterocycles. The predicted molar refractivity (Wildman–Crippen MR) is 193 cm³/mol. The van der Waals surface area contributed by atoms with E-state index in [9.17, 15) is 45.8 Å². The minimum Gasteiger partial charge on any atom is -0.378 e. The molecule has 4 aliphatic rings. The summed E-state index contributed by atoms with van der Waals surface area (Å²) in [6.07, 6.45) is -5.11. The first kappa shape index (κ1) is 37.7. The van der Waals surface area contributed by atoms with Gasteiger partial charge in [-0.25, -0.2) is 4.98 Å². The molecule has 14 heteroatoms. The first-order chi connectivity index (χ1) is 26.6. The van der Waals surface area contributed by atoms with Crippen molar-refractivity contribution in [1.82, 2.24) is 19.8 Å². The summed E-state index contributed by atoms with van der Waals surface area (Å²) in [5.41, 5.74) is 0.364. The zero-order valence-electron chi connectivity index (χ0n) is 30.1. The number of carbonyl (C=O) groups is 2. The first-order valence-electron chi connectivity index (χ1n) is 18.6. The van der Waals surface area contributed by atoms with E-state index in [-0.39, 0.29) is 30.1 Å². The summed E-state index contributed by atoms with van der Waals surface area (Å²) in [4.78, 5) is 51.5. The van der Waals surface area contributed by atoms with E-state index < -0.39 is 51.9 Å². The number of hydrogen-bond acceptors (Lipinski definition) is 5. The quantitative estimate of drug-likeness (QED) is 0.193. The Labute approximate surface area is 317 Å². The molecule has 1 atom stereocenters. The zero-order valence-corrected chi connectivity index (χ0v) is 30.1. The Hall–Kier alpha value is -5.24. The zero-order chi connectivity index (χ0) is 39.6. The van der Waals surface area contributed by atoms with E-state index in [4.69, 9.17) is 4.98 Å². The average molecular weight is 777 g/mol. The summed E-state index contributed by atoms with van der Waals surface area (Å²) in [7, 11) is 0. The summed E-state index contributed by atoms with van der Waals surface area (Å²) >= 11 is 0. The number of halogens is 6. The van der Waals surface area contributed by atoms with Crippen LogP contribution < -0.4 is 5.56 Å². The summed E-state index contributed by atoms with van der Waals surface area (Å²) < 4.78 is 80.1. The number of amides is 2. The number of nitrogens with zero attached hydrogens (tertiary/aromatic N) is 3. The lowest BCUT2D eigenvalue weighted by atomic mass is 9.89. The molecule has 4 aromatic rings. The number of aromatic amines is 1. The van der Waals surface area contributed by atoms with Gasteiger partial charge in [0.2, 0.25) is 5.91 Å². The molecule has 0 unspecified atom stereocenters. The lowest BCUT2D eigenvalue weighted by Gasteiger charge is -2.31. The molecular formula is C42H38F6N4O4. The molecule has 292 valence electrons. The maximum Gasteiger partial charge on any atom is 0.416 e. The third kappa shape index (κ3) is 6.92. The number of carbonyl (C=O) groups excluding carboxylic acids is 2. The van der Waals surface area contributed by atoms with E-state index >= 15 is 0 Å². The second-order valence-electron chi connectivity index (χ2n) is 15.3. The van der Waals surface area contributed by atoms with Crippen LogP contribution in [-0.2, 0) is 45.7 Å². The normalized spacial score (nSPS) is 19.4. The van der Waals surface area contributed by atoms with Crippen molar-refractivity contribution in [2.75, 3.05) is 19.6 Å². The third-order valence-corrected chi connectivity index (χ3v) is 11.8. The number of hydrogen-bond donors (Lipinski definition) is 2. The van der Waals surface area contributed by atoms with Crippen LogP contribution in [0.25, 0.3) is 5.57 Å². The van der Waals surface area contributed by atoms with Gasteiger partial charge in [-0.2, -0.15) is 26.3 Å². The van der Waals surface area contributed by atoms with Crippen molar-refractivity contribution in [2.45, 2.75) is 80.8 Å². The number of benzene rings is 3. The molecule has 2 amide bonds. The maximum absolute atomic E-state index is 13.7. The molecule has 3 heterocycles. The molecule has 0 bridgehead atoms. The fraction of sp³-hybridized carbons (Fsp3) is 0.381. The van der Waals surface area contributed by atoms with Crippen LogP contribution in [0.2, 0.25) is 0 Å². The Balaban J connectivity index is 0.975. The molecule has 0 spiro atoms. The van der Waals surface area contributed by atoms with Crippen molar-refractivity contribution in [3.8, 4) is 0 Å². The number of aromatic nitrogens is 2. The lowest BCUT2D eigenvalue weighted by Crippen LogP contribution is -2.41. The fourth-order valence-electron chi connectivity index (χ4n) is 8.20. The second kappa shape index (κ2) is 13.7. The summed E-state index contributed by atoms with van der Waals surface area (Å²) in [6.45, 7) is 0.791. The number of rotatable bonds is 7. The van der Waals surface area contributed by atoms with Gasteiger partial charge in [-0.3, -0.25) is 14.4 Å². The highest BCUT2D eigenvalue weighted by Gasteiger charge is 2.54. The molecule has 3 aromatic carbocycles. The van der Waals surface area contributed by atoms with Crippen LogP contribution in [0.4, 0.5) is 26.3 Å². The Morgan fingerprint density at radius 3 is 2.14 bits per heavy atom. The van der Waals surface area contributed by atoms with E-state index in [1.807, 2.05) is 24.3 Å². The van der Waals surface area contributed by atoms with Crippen molar-refractivity contribution in [3.05, 3.63) is 140 Å². The molecule has 8 nitrogen and oxygen atoms in total. The standard InChI is InChI=1S/C42H38F6N4O4/c43-41(44,45)30-9-2-6-27(22-30)34(53)36(55)52-18-4-11-33-32(24-52)35(54)50-37(49-33)39(14-15-39)28-7-1-5-26(21-28)25-12-19-51(20-13-25)38(56)40(16-17-40)29-8-3-10-31(23-29)42(46,47)48/h1-3,5-10,12,21-23,34,53H,4,11,13-20,24H2,(H,49,50,54)/t34-/m1/s1. The third-order valence-electron chi connectivity index (χ3n) is 11.8. The molecule has 0 saturated heterocycles. The molecular weight excluding hydrogens is 738 g/mol. The minimum absolute atomic E-state index is 0.149. The van der Waals surface area contributed by atoms with Crippen LogP contribution >= 0.6 is 0 Å². The fourth-order valence-corrected chi connectivity index (χ4v) is 8.20. The number of alkyl halides is 6. The highest BCUT2D eigenvalue weighted by molar-refractivity contribution is 5.92. The van der Waals surface area contributed by atoms with E-state index in [1.54, 1.807) is 11.0 Å². The van der Waals surface area contributed by atoms with E-state index in [2.05, 4.69) is 11.1 Å². The van der Waals surface area contributed by atoms with Gasteiger partial charge < -0.3 is 19.9 Å². The van der Waals surface area contributed by atoms with Crippen LogP contribution in [0, 0.1) is 0 Å². The van der Waals surface area contributed by atoms with Crippen molar-refractivity contribution in [3.63, 3.8) is 0 Å². The van der Waals surface area contributed by atoms with Crippen LogP contribution in [-0.4, -0.2) is 56.3 Å². The maximum atomic E-state index is 13.7. The largest absolute Gasteiger partial charge is 0.416 e. The summed E-state index contributed by atoms with van der Waals surface area (Å²) in [6, 6.07) is 17.1. The molecule has 56 heavy (non-hydrogen) atoms. The van der Waals surface area contributed by atoms with Gasteiger partial charge in [-0.15, -0.1) is 0 Å². The molecule has 2 fully saturated rings. The molecule has 2 N–H and O–H groups in total. The Bertz CT molecular complexity index is 2310. The second-order valence-corrected chi connectivity index (χ2v) is 15.3. The van der Waals surface area contributed by atoms with Gasteiger partial charge in [0.05, 0.1) is 39.8 Å². The molecule has 0 radical (unpaired) electrons. The predicted octanol–water partition coefficient (Wildman–Crippen LogP) is 7.24. The Morgan fingerprint density at radius 2 is 1.48 bits per heavy atom. The van der Waals surface area contributed by atoms with Gasteiger partial charge in [0, 0.05) is 19.6 Å². The Kier molecular flexibility index (Phi) is 9.25. The molecule has 2 aliphatic heterocycles. The minimum atomic E-state index is -4.64. The highest BCUT2D eigenvalue weighted by Crippen LogP contribution is 2.53. The Morgan fingerprint density at radius 1 is 0.804 bits per heavy atom. The molecule has 2 saturated carbocycles. The molecule has 2 aliphatic carbocycles. The molecule has 8 rings (SSSR count). The van der Waals surface area contributed by atoms with Crippen molar-refractivity contribution < 1.29 is 41.0 Å². The van der Waals surface area contributed by atoms with Gasteiger partial charge in [-0.1, -0.05) is 60.7 Å². The van der Waals surface area contributed by atoms with Gasteiger partial charge in [0.15, 0.2) is 6.10 Å². The average Bonchev–Trinajstić information content (AvgIpc) is 4.12. The number of aliphatic hydroxyl groups excluding tert-OH is 1. The van der Waals surface area contributed by atoms with Gasteiger partial charge in [0.1, 0.15) is 5.82 Å². The SMILES string of the molecule is O=C([C@H](O)c1cccc(C(F)(F)F)c1)N1CCCc2nc(C3(c4cccc(C5=CCN(C(=O)C6(c7cccc(C(F)(F)F)c7)CC6)CC5)c4)CC3)[nH]c(=O)c2C1. The first-order valence-corrected chi connectivity index (χ1v) is 18.6. The number of aryl methyl sites for hydroxylation is 1. The van der Waals surface area contributed by atoms with Crippen LogP contribution in [0.3, 0.4) is 0 Å². The topological polar surface area (TPSA) is 107 Å². The number of aliphatic hydroxyl groups is 1. The summed E-state index contributed by atoms with van der Waals surface area (Å²) in [5, 5.41) is 10.8. The van der Waals surface area contributed by atoms with Crippen LogP contribution in [0.1, 0.15) is 95.1 Å². The highest BCUT2D eigenvalue weighted by atomic mass is 19.4. The monoisotopic (exact) mass is 776 g/mol. The van der Waals surface area contributed by atoms with E-state index in [0.717, 1.165) is 59.9 Å². The number of H-pyrrole nitrogens is 1. The van der Waals surface area contributed by atoms with Crippen LogP contribution in [0.5, 0.6) is 0 Å². The van der Waals surface area contributed by atoms with Gasteiger partial charge in [0.25, 0.3) is 11.5 Å². The van der Waals surface area contributed by atoms with E-state index in [1.165, 1.54) is 17.0 Å². The lowest BCUT2D eigenvalue weighted by molar-refractivity contribution is -0.142. The van der Waals surface area contributed by atoms with E-state index in [0.29, 0.717) is 62.3 Å².